The number of rotatable bonds is 5. The van der Waals surface area contributed by atoms with Gasteiger partial charge in [-0.25, -0.2) is 0 Å². The Morgan fingerprint density at radius 1 is 1.09 bits per heavy atom. The van der Waals surface area contributed by atoms with Crippen molar-refractivity contribution in [1.29, 1.82) is 0 Å². The first-order chi connectivity index (χ1) is 10.9. The average molecular weight is 312 g/mol. The molecule has 0 fully saturated rings. The number of hydrogen-bond acceptors (Lipinski definition) is 4. The lowest BCUT2D eigenvalue weighted by Crippen LogP contribution is -2.37. The Labute approximate surface area is 135 Å². The number of carbonyl (C=O) groups is 1. The molecule has 0 aliphatic rings. The number of phenols is 2. The molecule has 120 valence electrons. The van der Waals surface area contributed by atoms with Crippen LogP contribution in [0.3, 0.4) is 0 Å². The minimum atomic E-state index is -0.553. The van der Waals surface area contributed by atoms with Gasteiger partial charge in [0.2, 0.25) is 0 Å². The summed E-state index contributed by atoms with van der Waals surface area (Å²) in [5.41, 5.74) is 0.295. The second kappa shape index (κ2) is 6.96. The van der Waals surface area contributed by atoms with Crippen LogP contribution in [0.2, 0.25) is 0 Å². The molecule has 2 aromatic rings. The number of aliphatic imine (C=N–C) groups is 1. The third kappa shape index (κ3) is 4.57. The van der Waals surface area contributed by atoms with Gasteiger partial charge in [-0.05, 0) is 38.1 Å². The van der Waals surface area contributed by atoms with E-state index in [1.54, 1.807) is 42.6 Å². The maximum atomic E-state index is 12.1. The smallest absolute Gasteiger partial charge is 0.255 e. The first-order valence-corrected chi connectivity index (χ1v) is 7.28. The summed E-state index contributed by atoms with van der Waals surface area (Å²) < 4.78 is 0. The lowest BCUT2D eigenvalue weighted by Gasteiger charge is -2.20. The Bertz CT molecular complexity index is 724. The van der Waals surface area contributed by atoms with Crippen molar-refractivity contribution in [3.8, 4) is 11.5 Å². The van der Waals surface area contributed by atoms with Crippen LogP contribution in [0.5, 0.6) is 11.5 Å². The van der Waals surface area contributed by atoms with E-state index in [1.165, 1.54) is 6.07 Å². The first kappa shape index (κ1) is 16.5. The molecule has 5 heteroatoms. The molecule has 0 spiro atoms. The van der Waals surface area contributed by atoms with Gasteiger partial charge in [0, 0.05) is 18.3 Å². The Morgan fingerprint density at radius 2 is 1.70 bits per heavy atom. The molecule has 0 radical (unpaired) electrons. The topological polar surface area (TPSA) is 81.9 Å². The van der Waals surface area contributed by atoms with Crippen LogP contribution in [0, 0.1) is 0 Å². The van der Waals surface area contributed by atoms with E-state index >= 15 is 0 Å². The lowest BCUT2D eigenvalue weighted by atomic mass is 10.1. The molecule has 0 saturated heterocycles. The highest BCUT2D eigenvalue weighted by Crippen LogP contribution is 2.17. The molecule has 0 aliphatic carbocycles. The van der Waals surface area contributed by atoms with E-state index in [0.29, 0.717) is 12.1 Å². The number of phenolic OH excluding ortho intramolecular Hbond substituents is 2. The van der Waals surface area contributed by atoms with Crippen LogP contribution in [0.25, 0.3) is 0 Å². The molecule has 3 N–H and O–H groups in total. The van der Waals surface area contributed by atoms with Gasteiger partial charge in [-0.2, -0.15) is 0 Å². The molecule has 0 atom stereocenters. The van der Waals surface area contributed by atoms with Gasteiger partial charge in [0.15, 0.2) is 0 Å². The van der Waals surface area contributed by atoms with Crippen molar-refractivity contribution in [1.82, 2.24) is 5.32 Å². The summed E-state index contributed by atoms with van der Waals surface area (Å²) in [5, 5.41) is 22.1. The summed E-state index contributed by atoms with van der Waals surface area (Å²) in [4.78, 5) is 16.5. The minimum Gasteiger partial charge on any atom is -0.507 e. The zero-order valence-corrected chi connectivity index (χ0v) is 13.2. The van der Waals surface area contributed by atoms with Crippen LogP contribution in [0.4, 0.5) is 0 Å². The number of benzene rings is 2. The monoisotopic (exact) mass is 312 g/mol. The van der Waals surface area contributed by atoms with E-state index in [-0.39, 0.29) is 23.0 Å². The number of aromatic hydroxyl groups is 2. The van der Waals surface area contributed by atoms with Crippen molar-refractivity contribution in [2.75, 3.05) is 6.54 Å². The van der Waals surface area contributed by atoms with Gasteiger partial charge in [0.05, 0.1) is 11.1 Å². The summed E-state index contributed by atoms with van der Waals surface area (Å²) in [6.07, 6.45) is 1.58. The fourth-order valence-electron chi connectivity index (χ4n) is 1.94. The second-order valence-corrected chi connectivity index (χ2v) is 5.83. The molecule has 1 amide bonds. The molecule has 0 aliphatic heterocycles. The van der Waals surface area contributed by atoms with E-state index in [1.807, 2.05) is 19.9 Å². The molecule has 5 nitrogen and oxygen atoms in total. The number of nitrogens with one attached hydrogen (secondary N) is 1. The Kier molecular flexibility index (Phi) is 5.01. The van der Waals surface area contributed by atoms with Gasteiger partial charge in [-0.3, -0.25) is 9.79 Å². The van der Waals surface area contributed by atoms with Crippen molar-refractivity contribution in [2.24, 2.45) is 4.99 Å². The van der Waals surface area contributed by atoms with Gasteiger partial charge in [0.25, 0.3) is 5.91 Å². The quantitative estimate of drug-likeness (QED) is 0.742. The first-order valence-electron chi connectivity index (χ1n) is 7.28. The Morgan fingerprint density at radius 3 is 2.35 bits per heavy atom. The predicted octanol–water partition coefficient (Wildman–Crippen LogP) is 2.73. The molecule has 0 aromatic heterocycles. The van der Waals surface area contributed by atoms with Crippen LogP contribution in [0.15, 0.2) is 53.5 Å². The van der Waals surface area contributed by atoms with Crippen LogP contribution < -0.4 is 5.32 Å². The number of carbonyl (C=O) groups excluding carboxylic acids is 1. The van der Waals surface area contributed by atoms with E-state index in [9.17, 15) is 15.0 Å². The molecule has 0 unspecified atom stereocenters. The standard InChI is InChI=1S/C18H20N2O3/c1-18(2,20-11-13-7-3-5-9-15(13)21)12-19-17(23)14-8-4-6-10-16(14)22/h3-11,21-22H,12H2,1-2H3,(H,19,23). The summed E-state index contributed by atoms with van der Waals surface area (Å²) in [7, 11) is 0. The molecular formula is C18H20N2O3. The highest BCUT2D eigenvalue weighted by molar-refractivity contribution is 5.96. The van der Waals surface area contributed by atoms with E-state index in [4.69, 9.17) is 0 Å². The van der Waals surface area contributed by atoms with Gasteiger partial charge in [-0.15, -0.1) is 0 Å². The van der Waals surface area contributed by atoms with Crippen molar-refractivity contribution < 1.29 is 15.0 Å². The zero-order chi connectivity index (χ0) is 16.9. The van der Waals surface area contributed by atoms with Gasteiger partial charge >= 0.3 is 0 Å². The van der Waals surface area contributed by atoms with Crippen molar-refractivity contribution in [3.63, 3.8) is 0 Å². The highest BCUT2D eigenvalue weighted by Gasteiger charge is 2.18. The molecular weight excluding hydrogens is 292 g/mol. The number of para-hydroxylation sites is 2. The summed E-state index contributed by atoms with van der Waals surface area (Å²) in [6.45, 7) is 4.04. The number of amides is 1. The van der Waals surface area contributed by atoms with Crippen molar-refractivity contribution >= 4 is 12.1 Å². The third-order valence-corrected chi connectivity index (χ3v) is 3.32. The Hall–Kier alpha value is -2.82. The molecule has 2 aromatic carbocycles. The summed E-state index contributed by atoms with van der Waals surface area (Å²) in [6, 6.07) is 13.3. The molecule has 0 bridgehead atoms. The fourth-order valence-corrected chi connectivity index (χ4v) is 1.94. The largest absolute Gasteiger partial charge is 0.507 e. The highest BCUT2D eigenvalue weighted by atomic mass is 16.3. The second-order valence-electron chi connectivity index (χ2n) is 5.83. The molecule has 2 rings (SSSR count). The van der Waals surface area contributed by atoms with Gasteiger partial charge in [-0.1, -0.05) is 24.3 Å². The zero-order valence-electron chi connectivity index (χ0n) is 13.2. The predicted molar refractivity (Wildman–Crippen MR) is 90.2 cm³/mol. The number of nitrogens with zero attached hydrogens (tertiary/aromatic N) is 1. The van der Waals surface area contributed by atoms with Crippen LogP contribution in [-0.2, 0) is 0 Å². The molecule has 0 heterocycles. The third-order valence-electron chi connectivity index (χ3n) is 3.32. The van der Waals surface area contributed by atoms with E-state index in [2.05, 4.69) is 10.3 Å². The maximum absolute atomic E-state index is 12.1. The average Bonchev–Trinajstić information content (AvgIpc) is 2.52. The maximum Gasteiger partial charge on any atom is 0.255 e. The summed E-state index contributed by atoms with van der Waals surface area (Å²) in [5.74, 6) is -0.250. The van der Waals surface area contributed by atoms with E-state index in [0.717, 1.165) is 0 Å². The van der Waals surface area contributed by atoms with Gasteiger partial charge < -0.3 is 15.5 Å². The fraction of sp³-hybridized carbons (Fsp3) is 0.222. The van der Waals surface area contributed by atoms with Crippen LogP contribution >= 0.6 is 0 Å². The normalized spacial score (nSPS) is 11.6. The van der Waals surface area contributed by atoms with Crippen LogP contribution in [-0.4, -0.2) is 34.4 Å². The SMILES string of the molecule is CC(C)(CNC(=O)c1ccccc1O)N=Cc1ccccc1O. The van der Waals surface area contributed by atoms with Crippen LogP contribution in [0.1, 0.15) is 29.8 Å². The Balaban J connectivity index is 2.00. The number of hydrogen-bond donors (Lipinski definition) is 3. The van der Waals surface area contributed by atoms with Crippen molar-refractivity contribution in [2.45, 2.75) is 19.4 Å². The molecule has 0 saturated carbocycles. The van der Waals surface area contributed by atoms with Crippen molar-refractivity contribution in [3.05, 3.63) is 59.7 Å². The van der Waals surface area contributed by atoms with E-state index < -0.39 is 5.54 Å². The summed E-state index contributed by atoms with van der Waals surface area (Å²) >= 11 is 0. The minimum absolute atomic E-state index is 0.0551. The lowest BCUT2D eigenvalue weighted by molar-refractivity contribution is 0.0943. The van der Waals surface area contributed by atoms with Gasteiger partial charge in [0.1, 0.15) is 11.5 Å². The molecule has 23 heavy (non-hydrogen) atoms.